The van der Waals surface area contributed by atoms with Crippen LogP contribution < -0.4 is 11.3 Å². The van der Waals surface area contributed by atoms with E-state index < -0.39 is 0 Å². The fraction of sp³-hybridized carbons (Fsp3) is 0.250. The van der Waals surface area contributed by atoms with Crippen molar-refractivity contribution in [3.05, 3.63) is 65.2 Å². The SMILES string of the molecule is CSc1ccccc1C(Cc1ccccc1C)NN. The second-order valence-corrected chi connectivity index (χ2v) is 5.44. The van der Waals surface area contributed by atoms with Crippen molar-refractivity contribution in [1.29, 1.82) is 0 Å². The Balaban J connectivity index is 2.28. The lowest BCUT2D eigenvalue weighted by atomic mass is 9.96. The van der Waals surface area contributed by atoms with E-state index in [-0.39, 0.29) is 6.04 Å². The molecule has 0 aliphatic heterocycles. The highest BCUT2D eigenvalue weighted by atomic mass is 32.2. The molecule has 0 saturated heterocycles. The Kier molecular flexibility index (Phi) is 5.02. The number of nitrogens with one attached hydrogen (secondary N) is 1. The molecule has 3 N–H and O–H groups in total. The number of rotatable bonds is 5. The molecule has 0 spiro atoms. The fourth-order valence-electron chi connectivity index (χ4n) is 2.27. The zero-order chi connectivity index (χ0) is 13.7. The number of aryl methyl sites for hydroxylation is 1. The predicted molar refractivity (Wildman–Crippen MR) is 83.2 cm³/mol. The van der Waals surface area contributed by atoms with Gasteiger partial charge >= 0.3 is 0 Å². The molecule has 2 aromatic rings. The maximum absolute atomic E-state index is 5.77. The van der Waals surface area contributed by atoms with Gasteiger partial charge in [-0.15, -0.1) is 11.8 Å². The van der Waals surface area contributed by atoms with E-state index in [4.69, 9.17) is 5.84 Å². The van der Waals surface area contributed by atoms with E-state index in [1.54, 1.807) is 11.8 Å². The first kappa shape index (κ1) is 14.1. The summed E-state index contributed by atoms with van der Waals surface area (Å²) in [6.07, 6.45) is 3.00. The normalized spacial score (nSPS) is 12.4. The summed E-state index contributed by atoms with van der Waals surface area (Å²) in [5.74, 6) is 5.77. The quantitative estimate of drug-likeness (QED) is 0.497. The second kappa shape index (κ2) is 6.75. The highest BCUT2D eigenvalue weighted by Crippen LogP contribution is 2.28. The molecule has 3 heteroatoms. The largest absolute Gasteiger partial charge is 0.271 e. The Bertz CT molecular complexity index is 540. The predicted octanol–water partition coefficient (Wildman–Crippen LogP) is 3.46. The van der Waals surface area contributed by atoms with Crippen LogP contribution in [0.25, 0.3) is 0 Å². The van der Waals surface area contributed by atoms with E-state index in [0.717, 1.165) is 6.42 Å². The van der Waals surface area contributed by atoms with Crippen LogP contribution in [0.2, 0.25) is 0 Å². The van der Waals surface area contributed by atoms with Crippen LogP contribution >= 0.6 is 11.8 Å². The summed E-state index contributed by atoms with van der Waals surface area (Å²) in [6.45, 7) is 2.14. The molecule has 0 fully saturated rings. The Morgan fingerprint density at radius 3 is 2.47 bits per heavy atom. The topological polar surface area (TPSA) is 38.0 Å². The van der Waals surface area contributed by atoms with Crippen molar-refractivity contribution >= 4 is 11.8 Å². The maximum Gasteiger partial charge on any atom is 0.0511 e. The standard InChI is InChI=1S/C16H20N2S/c1-12-7-3-4-8-13(12)11-15(18-17)14-9-5-6-10-16(14)19-2/h3-10,15,18H,11,17H2,1-2H3. The van der Waals surface area contributed by atoms with Gasteiger partial charge in [0.15, 0.2) is 0 Å². The third-order valence-electron chi connectivity index (χ3n) is 3.40. The lowest BCUT2D eigenvalue weighted by Crippen LogP contribution is -2.30. The third kappa shape index (κ3) is 3.38. The summed E-state index contributed by atoms with van der Waals surface area (Å²) in [5.41, 5.74) is 6.86. The maximum atomic E-state index is 5.77. The van der Waals surface area contributed by atoms with Crippen molar-refractivity contribution in [1.82, 2.24) is 5.43 Å². The van der Waals surface area contributed by atoms with Gasteiger partial charge in [0.2, 0.25) is 0 Å². The van der Waals surface area contributed by atoms with Gasteiger partial charge in [0.25, 0.3) is 0 Å². The zero-order valence-corrected chi connectivity index (χ0v) is 12.2. The van der Waals surface area contributed by atoms with Gasteiger partial charge in [-0.1, -0.05) is 42.5 Å². The first-order chi connectivity index (χ1) is 9.26. The minimum Gasteiger partial charge on any atom is -0.271 e. The number of hydrogen-bond donors (Lipinski definition) is 2. The molecule has 2 rings (SSSR count). The van der Waals surface area contributed by atoms with Gasteiger partial charge in [-0.3, -0.25) is 11.3 Å². The Labute approximate surface area is 119 Å². The number of benzene rings is 2. The highest BCUT2D eigenvalue weighted by molar-refractivity contribution is 7.98. The Hall–Kier alpha value is -1.29. The Morgan fingerprint density at radius 1 is 1.11 bits per heavy atom. The van der Waals surface area contributed by atoms with Gasteiger partial charge in [0.05, 0.1) is 6.04 Å². The number of nitrogens with two attached hydrogens (primary N) is 1. The molecule has 0 aliphatic rings. The van der Waals surface area contributed by atoms with Crippen molar-refractivity contribution in [2.45, 2.75) is 24.3 Å². The number of hydrazine groups is 1. The lowest BCUT2D eigenvalue weighted by molar-refractivity contribution is 0.543. The molecular weight excluding hydrogens is 252 g/mol. The molecule has 0 heterocycles. The summed E-state index contributed by atoms with van der Waals surface area (Å²) in [6, 6.07) is 17.0. The van der Waals surface area contributed by atoms with Gasteiger partial charge in [0.1, 0.15) is 0 Å². The van der Waals surface area contributed by atoms with Crippen LogP contribution in [0, 0.1) is 6.92 Å². The average molecular weight is 272 g/mol. The van der Waals surface area contributed by atoms with Crippen LogP contribution in [-0.4, -0.2) is 6.26 Å². The van der Waals surface area contributed by atoms with Crippen molar-refractivity contribution in [2.24, 2.45) is 5.84 Å². The molecule has 0 radical (unpaired) electrons. The first-order valence-corrected chi connectivity index (χ1v) is 7.62. The number of hydrogen-bond acceptors (Lipinski definition) is 3. The molecule has 1 unspecified atom stereocenters. The minimum absolute atomic E-state index is 0.143. The Morgan fingerprint density at radius 2 is 1.79 bits per heavy atom. The van der Waals surface area contributed by atoms with Crippen LogP contribution in [0.4, 0.5) is 0 Å². The van der Waals surface area contributed by atoms with Gasteiger partial charge < -0.3 is 0 Å². The van der Waals surface area contributed by atoms with E-state index in [0.29, 0.717) is 0 Å². The molecule has 2 aromatic carbocycles. The molecule has 19 heavy (non-hydrogen) atoms. The smallest absolute Gasteiger partial charge is 0.0511 e. The summed E-state index contributed by atoms with van der Waals surface area (Å²) in [5, 5.41) is 0. The molecule has 0 aliphatic carbocycles. The van der Waals surface area contributed by atoms with Crippen LogP contribution in [0.5, 0.6) is 0 Å². The molecule has 0 bridgehead atoms. The van der Waals surface area contributed by atoms with Gasteiger partial charge in [0, 0.05) is 4.90 Å². The van der Waals surface area contributed by atoms with Gasteiger partial charge in [-0.25, -0.2) is 0 Å². The summed E-state index contributed by atoms with van der Waals surface area (Å²) >= 11 is 1.76. The van der Waals surface area contributed by atoms with Crippen molar-refractivity contribution in [3.63, 3.8) is 0 Å². The second-order valence-electron chi connectivity index (χ2n) is 4.59. The van der Waals surface area contributed by atoms with Crippen molar-refractivity contribution < 1.29 is 0 Å². The van der Waals surface area contributed by atoms with Crippen molar-refractivity contribution in [2.75, 3.05) is 6.26 Å². The average Bonchev–Trinajstić information content (AvgIpc) is 2.46. The van der Waals surface area contributed by atoms with Crippen LogP contribution in [-0.2, 0) is 6.42 Å². The number of thioether (sulfide) groups is 1. The molecule has 2 nitrogen and oxygen atoms in total. The summed E-state index contributed by atoms with van der Waals surface area (Å²) in [4.78, 5) is 1.28. The molecular formula is C16H20N2S. The molecule has 0 aromatic heterocycles. The van der Waals surface area contributed by atoms with Crippen molar-refractivity contribution in [3.8, 4) is 0 Å². The van der Waals surface area contributed by atoms with Gasteiger partial charge in [-0.05, 0) is 42.4 Å². The summed E-state index contributed by atoms with van der Waals surface area (Å²) < 4.78 is 0. The molecule has 0 saturated carbocycles. The van der Waals surface area contributed by atoms with E-state index in [1.807, 2.05) is 0 Å². The van der Waals surface area contributed by atoms with Crippen LogP contribution in [0.1, 0.15) is 22.7 Å². The van der Waals surface area contributed by atoms with Crippen LogP contribution in [0.15, 0.2) is 53.4 Å². The zero-order valence-electron chi connectivity index (χ0n) is 11.4. The first-order valence-electron chi connectivity index (χ1n) is 6.39. The summed E-state index contributed by atoms with van der Waals surface area (Å²) in [7, 11) is 0. The van der Waals surface area contributed by atoms with E-state index in [2.05, 4.69) is 67.1 Å². The van der Waals surface area contributed by atoms with E-state index in [9.17, 15) is 0 Å². The van der Waals surface area contributed by atoms with E-state index in [1.165, 1.54) is 21.6 Å². The minimum atomic E-state index is 0.143. The van der Waals surface area contributed by atoms with E-state index >= 15 is 0 Å². The monoisotopic (exact) mass is 272 g/mol. The molecule has 1 atom stereocenters. The fourth-order valence-corrected chi connectivity index (χ4v) is 2.93. The highest BCUT2D eigenvalue weighted by Gasteiger charge is 2.14. The molecule has 0 amide bonds. The van der Waals surface area contributed by atoms with Crippen LogP contribution in [0.3, 0.4) is 0 Å². The molecule has 100 valence electrons. The third-order valence-corrected chi connectivity index (χ3v) is 4.21. The lowest BCUT2D eigenvalue weighted by Gasteiger charge is -2.20. The van der Waals surface area contributed by atoms with Gasteiger partial charge in [-0.2, -0.15) is 0 Å².